The molecule has 0 aromatic heterocycles. The SMILES string of the molecule is CC(C)S(=O)(=O)NC1=NCN([C@H]2CCCC[C@H]2C)CN1. The maximum absolute atomic E-state index is 11.8. The smallest absolute Gasteiger partial charge is 0.237 e. The Hall–Kier alpha value is -0.820. The van der Waals surface area contributed by atoms with Crippen molar-refractivity contribution in [1.29, 1.82) is 0 Å². The fourth-order valence-corrected chi connectivity index (χ4v) is 3.47. The van der Waals surface area contributed by atoms with E-state index in [0.717, 1.165) is 0 Å². The van der Waals surface area contributed by atoms with Crippen molar-refractivity contribution in [2.45, 2.75) is 57.7 Å². The van der Waals surface area contributed by atoms with Crippen molar-refractivity contribution in [1.82, 2.24) is 14.9 Å². The van der Waals surface area contributed by atoms with Gasteiger partial charge >= 0.3 is 0 Å². The number of rotatable bonds is 3. The van der Waals surface area contributed by atoms with Gasteiger partial charge in [-0.1, -0.05) is 19.8 Å². The molecule has 1 fully saturated rings. The van der Waals surface area contributed by atoms with E-state index in [-0.39, 0.29) is 0 Å². The van der Waals surface area contributed by atoms with E-state index in [4.69, 9.17) is 0 Å². The highest BCUT2D eigenvalue weighted by Gasteiger charge is 2.29. The maximum Gasteiger partial charge on any atom is 0.237 e. The zero-order valence-electron chi connectivity index (χ0n) is 12.6. The highest BCUT2D eigenvalue weighted by Crippen LogP contribution is 2.28. The van der Waals surface area contributed by atoms with Gasteiger partial charge in [0.15, 0.2) is 0 Å². The molecule has 6 nitrogen and oxygen atoms in total. The molecule has 0 bridgehead atoms. The van der Waals surface area contributed by atoms with E-state index in [1.165, 1.54) is 25.7 Å². The lowest BCUT2D eigenvalue weighted by molar-refractivity contribution is 0.106. The molecule has 0 unspecified atom stereocenters. The lowest BCUT2D eigenvalue weighted by Gasteiger charge is -2.39. The van der Waals surface area contributed by atoms with Crippen molar-refractivity contribution in [2.24, 2.45) is 10.9 Å². The lowest BCUT2D eigenvalue weighted by Crippen LogP contribution is -2.55. The van der Waals surface area contributed by atoms with Gasteiger partial charge < -0.3 is 5.32 Å². The quantitative estimate of drug-likeness (QED) is 0.818. The molecule has 1 heterocycles. The van der Waals surface area contributed by atoms with Crippen molar-refractivity contribution in [3.05, 3.63) is 0 Å². The molecule has 7 heteroatoms. The van der Waals surface area contributed by atoms with Crippen LogP contribution >= 0.6 is 0 Å². The number of hydrogen-bond acceptors (Lipinski definition) is 5. The van der Waals surface area contributed by atoms with E-state index >= 15 is 0 Å². The summed E-state index contributed by atoms with van der Waals surface area (Å²) >= 11 is 0. The fraction of sp³-hybridized carbons (Fsp3) is 0.923. The van der Waals surface area contributed by atoms with E-state index in [9.17, 15) is 8.42 Å². The first-order valence-electron chi connectivity index (χ1n) is 7.44. The zero-order valence-corrected chi connectivity index (χ0v) is 13.4. The summed E-state index contributed by atoms with van der Waals surface area (Å²) in [5.74, 6) is 1.06. The van der Waals surface area contributed by atoms with Crippen LogP contribution in [0.3, 0.4) is 0 Å². The number of aliphatic imine (C=N–C) groups is 1. The second-order valence-corrected chi connectivity index (χ2v) is 8.33. The molecule has 0 saturated heterocycles. The molecular formula is C13H26N4O2S. The van der Waals surface area contributed by atoms with Crippen molar-refractivity contribution in [2.75, 3.05) is 13.3 Å². The Labute approximate surface area is 122 Å². The van der Waals surface area contributed by atoms with Crippen LogP contribution in [0, 0.1) is 5.92 Å². The Kier molecular flexibility index (Phi) is 4.90. The fourth-order valence-electron chi connectivity index (χ4n) is 2.83. The Morgan fingerprint density at radius 1 is 1.35 bits per heavy atom. The van der Waals surface area contributed by atoms with Gasteiger partial charge in [0.05, 0.1) is 18.6 Å². The van der Waals surface area contributed by atoms with Crippen LogP contribution in [0.1, 0.15) is 46.5 Å². The minimum atomic E-state index is -3.31. The van der Waals surface area contributed by atoms with Crippen molar-refractivity contribution in [3.8, 4) is 0 Å². The molecule has 1 aliphatic heterocycles. The average Bonchev–Trinajstić information content (AvgIpc) is 2.40. The molecule has 2 aliphatic rings. The van der Waals surface area contributed by atoms with Gasteiger partial charge in [0.1, 0.15) is 0 Å². The Balaban J connectivity index is 1.93. The first kappa shape index (κ1) is 15.6. The highest BCUT2D eigenvalue weighted by atomic mass is 32.2. The van der Waals surface area contributed by atoms with Gasteiger partial charge in [-0.05, 0) is 32.6 Å². The van der Waals surface area contributed by atoms with E-state index in [2.05, 4.69) is 26.9 Å². The first-order valence-corrected chi connectivity index (χ1v) is 8.99. The molecular weight excluding hydrogens is 276 g/mol. The summed E-state index contributed by atoms with van der Waals surface area (Å²) in [6.45, 7) is 6.83. The summed E-state index contributed by atoms with van der Waals surface area (Å²) in [5.41, 5.74) is 0. The molecule has 116 valence electrons. The number of hydrogen-bond donors (Lipinski definition) is 2. The van der Waals surface area contributed by atoms with Gasteiger partial charge in [-0.2, -0.15) is 0 Å². The Morgan fingerprint density at radius 2 is 2.05 bits per heavy atom. The van der Waals surface area contributed by atoms with Gasteiger partial charge in [-0.3, -0.25) is 9.62 Å². The molecule has 20 heavy (non-hydrogen) atoms. The number of sulfonamides is 1. The molecule has 0 aromatic rings. The third kappa shape index (κ3) is 3.63. The average molecular weight is 302 g/mol. The minimum absolute atomic E-state index is 0.374. The van der Waals surface area contributed by atoms with Crippen molar-refractivity contribution < 1.29 is 8.42 Å². The summed E-state index contributed by atoms with van der Waals surface area (Å²) in [6, 6.07) is 0.559. The standard InChI is InChI=1S/C13H26N4O2S/c1-10(2)20(18,19)16-13-14-8-17(9-15-13)12-7-5-4-6-11(12)3/h10-12H,4-9H2,1-3H3,(H2,14,15,16)/t11-,12+/m1/s1. The molecule has 2 atom stereocenters. The summed E-state index contributed by atoms with van der Waals surface area (Å²) in [5, 5.41) is 2.63. The van der Waals surface area contributed by atoms with Gasteiger partial charge in [-0.15, -0.1) is 0 Å². The van der Waals surface area contributed by atoms with Crippen LogP contribution in [-0.4, -0.2) is 43.9 Å². The van der Waals surface area contributed by atoms with Crippen molar-refractivity contribution in [3.63, 3.8) is 0 Å². The number of nitrogens with one attached hydrogen (secondary N) is 2. The largest absolute Gasteiger partial charge is 0.343 e. The molecule has 2 N–H and O–H groups in total. The third-order valence-electron chi connectivity index (χ3n) is 4.25. The van der Waals surface area contributed by atoms with Crippen LogP contribution in [0.4, 0.5) is 0 Å². The number of nitrogens with zero attached hydrogens (tertiary/aromatic N) is 2. The maximum atomic E-state index is 11.8. The second-order valence-electron chi connectivity index (χ2n) is 6.10. The third-order valence-corrected chi connectivity index (χ3v) is 5.97. The zero-order chi connectivity index (χ0) is 14.8. The van der Waals surface area contributed by atoms with Crippen molar-refractivity contribution >= 4 is 16.0 Å². The summed E-state index contributed by atoms with van der Waals surface area (Å²) < 4.78 is 26.1. The van der Waals surface area contributed by atoms with Gasteiger partial charge in [0, 0.05) is 6.04 Å². The molecule has 0 aromatic carbocycles. The number of guanidine groups is 1. The minimum Gasteiger partial charge on any atom is -0.343 e. The van der Waals surface area contributed by atoms with E-state index < -0.39 is 15.3 Å². The molecule has 1 saturated carbocycles. The van der Waals surface area contributed by atoms with Gasteiger partial charge in [-0.25, -0.2) is 13.4 Å². The van der Waals surface area contributed by atoms with E-state index in [1.54, 1.807) is 13.8 Å². The first-order chi connectivity index (χ1) is 9.40. The van der Waals surface area contributed by atoms with Crippen LogP contribution in [0.25, 0.3) is 0 Å². The van der Waals surface area contributed by atoms with Crippen LogP contribution in [0.2, 0.25) is 0 Å². The molecule has 2 rings (SSSR count). The van der Waals surface area contributed by atoms with Crippen LogP contribution in [0.5, 0.6) is 0 Å². The Morgan fingerprint density at radius 3 is 2.60 bits per heavy atom. The molecule has 1 aliphatic carbocycles. The predicted octanol–water partition coefficient (Wildman–Crippen LogP) is 1.07. The second kappa shape index (κ2) is 6.30. The van der Waals surface area contributed by atoms with Gasteiger partial charge in [0.25, 0.3) is 0 Å². The predicted molar refractivity (Wildman–Crippen MR) is 80.8 cm³/mol. The Bertz CT molecular complexity index is 461. The van der Waals surface area contributed by atoms with Crippen LogP contribution in [0.15, 0.2) is 4.99 Å². The van der Waals surface area contributed by atoms with Gasteiger partial charge in [0.2, 0.25) is 16.0 Å². The topological polar surface area (TPSA) is 73.8 Å². The summed E-state index contributed by atoms with van der Waals surface area (Å²) in [7, 11) is -3.31. The van der Waals surface area contributed by atoms with E-state index in [1.807, 2.05) is 0 Å². The van der Waals surface area contributed by atoms with E-state index in [0.29, 0.717) is 31.3 Å². The molecule has 0 amide bonds. The lowest BCUT2D eigenvalue weighted by atomic mass is 9.85. The molecule has 0 spiro atoms. The molecule has 0 radical (unpaired) electrons. The summed E-state index contributed by atoms with van der Waals surface area (Å²) in [4.78, 5) is 6.63. The van der Waals surface area contributed by atoms with Crippen LogP contribution < -0.4 is 10.0 Å². The normalized spacial score (nSPS) is 28.9. The monoisotopic (exact) mass is 302 g/mol. The highest BCUT2D eigenvalue weighted by molar-refractivity contribution is 7.90. The van der Waals surface area contributed by atoms with Crippen LogP contribution in [-0.2, 0) is 10.0 Å². The summed E-state index contributed by atoms with van der Waals surface area (Å²) in [6.07, 6.45) is 5.09.